The number of benzene rings is 1. The summed E-state index contributed by atoms with van der Waals surface area (Å²) in [4.78, 5) is 12.3. The first kappa shape index (κ1) is 25.1. The molecule has 7 nitrogen and oxygen atoms in total. The van der Waals surface area contributed by atoms with Crippen LogP contribution in [0.5, 0.6) is 0 Å². The molecule has 1 aromatic carbocycles. The predicted molar refractivity (Wildman–Crippen MR) is 120 cm³/mol. The van der Waals surface area contributed by atoms with E-state index in [9.17, 15) is 13.2 Å². The largest absolute Gasteiger partial charge is 0.383 e. The number of amides is 1. The highest BCUT2D eigenvalue weighted by Crippen LogP contribution is 2.38. The zero-order valence-electron chi connectivity index (χ0n) is 18.7. The number of methoxy groups -OCH3 is 1. The lowest BCUT2D eigenvalue weighted by Crippen LogP contribution is -2.38. The minimum atomic E-state index is -3.71. The second kappa shape index (κ2) is 11.4. The fourth-order valence-electron chi connectivity index (χ4n) is 4.12. The van der Waals surface area contributed by atoms with Crippen LogP contribution in [0.3, 0.4) is 0 Å². The normalized spacial score (nSPS) is 21.4. The SMILES string of the molecule is COCCNC(=O)CC1CC(C(C)C)C(CNS(=O)(=O)c2cccc(C#N)c2)C=C1C. The zero-order chi connectivity index (χ0) is 23.0. The number of allylic oxidation sites excluding steroid dienone is 1. The molecule has 0 heterocycles. The van der Waals surface area contributed by atoms with Crippen LogP contribution in [0, 0.1) is 35.0 Å². The van der Waals surface area contributed by atoms with Gasteiger partial charge in [-0.15, -0.1) is 0 Å². The Labute approximate surface area is 185 Å². The van der Waals surface area contributed by atoms with Gasteiger partial charge in [-0.05, 0) is 55.2 Å². The number of carbonyl (C=O) groups is 1. The van der Waals surface area contributed by atoms with E-state index in [0.29, 0.717) is 31.1 Å². The Kier molecular flexibility index (Phi) is 9.23. The lowest BCUT2D eigenvalue weighted by atomic mass is 9.70. The first-order valence-corrected chi connectivity index (χ1v) is 12.1. The van der Waals surface area contributed by atoms with E-state index < -0.39 is 10.0 Å². The van der Waals surface area contributed by atoms with Crippen LogP contribution in [0.25, 0.3) is 0 Å². The molecule has 2 rings (SSSR count). The summed E-state index contributed by atoms with van der Waals surface area (Å²) in [6.07, 6.45) is 3.39. The molecule has 3 unspecified atom stereocenters. The van der Waals surface area contributed by atoms with Gasteiger partial charge in [0.1, 0.15) is 0 Å². The molecule has 2 N–H and O–H groups in total. The molecule has 1 amide bonds. The maximum atomic E-state index is 12.7. The smallest absolute Gasteiger partial charge is 0.240 e. The van der Waals surface area contributed by atoms with Gasteiger partial charge in [-0.1, -0.05) is 31.6 Å². The van der Waals surface area contributed by atoms with E-state index in [1.54, 1.807) is 19.2 Å². The highest BCUT2D eigenvalue weighted by Gasteiger charge is 2.33. The monoisotopic (exact) mass is 447 g/mol. The molecule has 0 bridgehead atoms. The van der Waals surface area contributed by atoms with Gasteiger partial charge in [0.15, 0.2) is 0 Å². The van der Waals surface area contributed by atoms with Crippen molar-refractivity contribution in [1.29, 1.82) is 5.26 Å². The fraction of sp³-hybridized carbons (Fsp3) is 0.565. The number of ether oxygens (including phenoxy) is 1. The fourth-order valence-corrected chi connectivity index (χ4v) is 5.24. The van der Waals surface area contributed by atoms with Crippen LogP contribution in [0.15, 0.2) is 40.8 Å². The average Bonchev–Trinajstić information content (AvgIpc) is 2.74. The van der Waals surface area contributed by atoms with Crippen molar-refractivity contribution >= 4 is 15.9 Å². The van der Waals surface area contributed by atoms with Crippen molar-refractivity contribution in [3.63, 3.8) is 0 Å². The van der Waals surface area contributed by atoms with Crippen molar-refractivity contribution in [3.8, 4) is 6.07 Å². The van der Waals surface area contributed by atoms with Gasteiger partial charge in [-0.2, -0.15) is 5.26 Å². The van der Waals surface area contributed by atoms with E-state index in [2.05, 4.69) is 30.0 Å². The highest BCUT2D eigenvalue weighted by molar-refractivity contribution is 7.89. The summed E-state index contributed by atoms with van der Waals surface area (Å²) in [6, 6.07) is 7.98. The van der Waals surface area contributed by atoms with Crippen molar-refractivity contribution in [3.05, 3.63) is 41.5 Å². The number of nitrogens with one attached hydrogen (secondary N) is 2. The molecule has 3 atom stereocenters. The molecule has 1 aliphatic carbocycles. The van der Waals surface area contributed by atoms with Crippen molar-refractivity contribution in [2.45, 2.75) is 38.5 Å². The second-order valence-corrected chi connectivity index (χ2v) is 10.2. The third kappa shape index (κ3) is 7.17. The van der Waals surface area contributed by atoms with Crippen LogP contribution in [0.1, 0.15) is 39.2 Å². The summed E-state index contributed by atoms with van der Waals surface area (Å²) < 4.78 is 33.1. The van der Waals surface area contributed by atoms with Gasteiger partial charge in [0.05, 0.1) is 23.1 Å². The molecule has 0 aromatic heterocycles. The minimum absolute atomic E-state index is 0.00818. The number of nitriles is 1. The number of nitrogens with zero attached hydrogens (tertiary/aromatic N) is 1. The lowest BCUT2D eigenvalue weighted by molar-refractivity contribution is -0.122. The van der Waals surface area contributed by atoms with Gasteiger partial charge in [0.2, 0.25) is 15.9 Å². The molecular formula is C23H33N3O4S. The molecule has 0 saturated carbocycles. The maximum absolute atomic E-state index is 12.7. The van der Waals surface area contributed by atoms with Gasteiger partial charge in [0, 0.05) is 26.6 Å². The van der Waals surface area contributed by atoms with Crippen LogP contribution < -0.4 is 10.0 Å². The molecule has 0 saturated heterocycles. The molecule has 31 heavy (non-hydrogen) atoms. The topological polar surface area (TPSA) is 108 Å². The lowest BCUT2D eigenvalue weighted by Gasteiger charge is -2.37. The summed E-state index contributed by atoms with van der Waals surface area (Å²) in [5, 5.41) is 11.9. The van der Waals surface area contributed by atoms with Crippen molar-refractivity contribution in [1.82, 2.24) is 10.0 Å². The first-order chi connectivity index (χ1) is 14.7. The number of rotatable bonds is 10. The summed E-state index contributed by atoms with van der Waals surface area (Å²) in [5.74, 6) is 0.805. The van der Waals surface area contributed by atoms with Crippen LogP contribution in [-0.4, -0.2) is 41.1 Å². The molecule has 170 valence electrons. The first-order valence-electron chi connectivity index (χ1n) is 10.6. The van der Waals surface area contributed by atoms with Crippen LogP contribution in [0.2, 0.25) is 0 Å². The Morgan fingerprint density at radius 1 is 1.35 bits per heavy atom. The zero-order valence-corrected chi connectivity index (χ0v) is 19.5. The summed E-state index contributed by atoms with van der Waals surface area (Å²) in [5.41, 5.74) is 1.43. The van der Waals surface area contributed by atoms with E-state index in [-0.39, 0.29) is 35.1 Å². The van der Waals surface area contributed by atoms with Crippen LogP contribution in [0.4, 0.5) is 0 Å². The Morgan fingerprint density at radius 3 is 2.74 bits per heavy atom. The molecule has 0 radical (unpaired) electrons. The molecule has 1 aliphatic rings. The van der Waals surface area contributed by atoms with Crippen LogP contribution >= 0.6 is 0 Å². The van der Waals surface area contributed by atoms with Crippen molar-refractivity contribution in [2.75, 3.05) is 26.8 Å². The molecule has 0 fully saturated rings. The number of hydrogen-bond donors (Lipinski definition) is 2. The third-order valence-corrected chi connectivity index (χ3v) is 7.35. The third-order valence-electron chi connectivity index (χ3n) is 5.93. The Hall–Kier alpha value is -2.21. The standard InChI is InChI=1S/C23H33N3O4S/c1-16(2)22-12-19(13-23(27)25-8-9-30-4)17(3)10-20(22)15-26-31(28,29)21-7-5-6-18(11-21)14-24/h5-7,10-11,16,19-20,22,26H,8-9,12-13,15H2,1-4H3,(H,25,27). The minimum Gasteiger partial charge on any atom is -0.383 e. The van der Waals surface area contributed by atoms with E-state index in [1.165, 1.54) is 12.1 Å². The molecule has 0 aliphatic heterocycles. The summed E-state index contributed by atoms with van der Waals surface area (Å²) >= 11 is 0. The van der Waals surface area contributed by atoms with Gasteiger partial charge in [-0.25, -0.2) is 13.1 Å². The van der Waals surface area contributed by atoms with Gasteiger partial charge in [0.25, 0.3) is 0 Å². The maximum Gasteiger partial charge on any atom is 0.240 e. The van der Waals surface area contributed by atoms with E-state index >= 15 is 0 Å². The van der Waals surface area contributed by atoms with E-state index in [1.807, 2.05) is 13.0 Å². The highest BCUT2D eigenvalue weighted by atomic mass is 32.2. The van der Waals surface area contributed by atoms with Crippen LogP contribution in [-0.2, 0) is 19.6 Å². The summed E-state index contributed by atoms with van der Waals surface area (Å²) in [7, 11) is -2.11. The van der Waals surface area contributed by atoms with E-state index in [4.69, 9.17) is 10.00 Å². The van der Waals surface area contributed by atoms with Gasteiger partial charge < -0.3 is 10.1 Å². The Balaban J connectivity index is 2.08. The average molecular weight is 448 g/mol. The predicted octanol–water partition coefficient (Wildman–Crippen LogP) is 2.84. The Morgan fingerprint density at radius 2 is 2.10 bits per heavy atom. The van der Waals surface area contributed by atoms with Crippen molar-refractivity contribution < 1.29 is 17.9 Å². The molecule has 8 heteroatoms. The number of hydrogen-bond acceptors (Lipinski definition) is 5. The summed E-state index contributed by atoms with van der Waals surface area (Å²) in [6.45, 7) is 7.54. The molecular weight excluding hydrogens is 414 g/mol. The number of sulfonamides is 1. The quantitative estimate of drug-likeness (QED) is 0.423. The van der Waals surface area contributed by atoms with E-state index in [0.717, 1.165) is 12.0 Å². The Bertz CT molecular complexity index is 934. The van der Waals surface area contributed by atoms with Gasteiger partial charge in [-0.3, -0.25) is 4.79 Å². The van der Waals surface area contributed by atoms with Crippen molar-refractivity contribution in [2.24, 2.45) is 23.7 Å². The van der Waals surface area contributed by atoms with Gasteiger partial charge >= 0.3 is 0 Å². The molecule has 0 spiro atoms. The second-order valence-electron chi connectivity index (χ2n) is 8.45. The molecule has 1 aromatic rings. The number of carbonyl (C=O) groups excluding carboxylic acids is 1.